The van der Waals surface area contributed by atoms with Crippen LogP contribution in [0.25, 0.3) is 21.5 Å². The van der Waals surface area contributed by atoms with Gasteiger partial charge < -0.3 is 9.80 Å². The monoisotopic (exact) mass is 400 g/mol. The van der Waals surface area contributed by atoms with E-state index in [0.717, 1.165) is 13.1 Å². The summed E-state index contributed by atoms with van der Waals surface area (Å²) in [5.41, 5.74) is 3.92. The SMILES string of the molecule is c1ccc(N2CCN(c3ccccc3)C2c2c3ccccc3cc3ccccc23)cc1. The fourth-order valence-corrected chi connectivity index (χ4v) is 5.05. The average molecular weight is 401 g/mol. The van der Waals surface area contributed by atoms with Crippen LogP contribution in [0.5, 0.6) is 0 Å². The molecule has 0 spiro atoms. The van der Waals surface area contributed by atoms with Crippen LogP contribution in [0.15, 0.2) is 115 Å². The van der Waals surface area contributed by atoms with Gasteiger partial charge in [-0.25, -0.2) is 0 Å². The summed E-state index contributed by atoms with van der Waals surface area (Å²) in [5, 5.41) is 5.25. The summed E-state index contributed by atoms with van der Waals surface area (Å²) in [7, 11) is 0. The smallest absolute Gasteiger partial charge is 0.129 e. The highest BCUT2D eigenvalue weighted by molar-refractivity contribution is 6.03. The predicted molar refractivity (Wildman–Crippen MR) is 132 cm³/mol. The molecule has 0 N–H and O–H groups in total. The first kappa shape index (κ1) is 18.0. The molecule has 0 aliphatic carbocycles. The first-order chi connectivity index (χ1) is 15.4. The first-order valence-electron chi connectivity index (χ1n) is 10.9. The van der Waals surface area contributed by atoms with E-state index in [9.17, 15) is 0 Å². The molecule has 31 heavy (non-hydrogen) atoms. The van der Waals surface area contributed by atoms with Gasteiger partial charge in [-0.3, -0.25) is 0 Å². The minimum atomic E-state index is 0.126. The van der Waals surface area contributed by atoms with Crippen molar-refractivity contribution in [2.45, 2.75) is 6.17 Å². The summed E-state index contributed by atoms with van der Waals surface area (Å²) in [4.78, 5) is 5.11. The van der Waals surface area contributed by atoms with Gasteiger partial charge in [0, 0.05) is 30.0 Å². The lowest BCUT2D eigenvalue weighted by atomic mass is 9.94. The molecule has 1 aliphatic rings. The van der Waals surface area contributed by atoms with Gasteiger partial charge in [-0.05, 0) is 51.9 Å². The Morgan fingerprint density at radius 3 is 1.39 bits per heavy atom. The zero-order valence-corrected chi connectivity index (χ0v) is 17.4. The number of anilines is 2. The summed E-state index contributed by atoms with van der Waals surface area (Å²) >= 11 is 0. The van der Waals surface area contributed by atoms with Gasteiger partial charge in [-0.15, -0.1) is 0 Å². The summed E-state index contributed by atoms with van der Waals surface area (Å²) < 4.78 is 0. The lowest BCUT2D eigenvalue weighted by Crippen LogP contribution is -2.31. The molecule has 1 saturated heterocycles. The van der Waals surface area contributed by atoms with Crippen LogP contribution in [0.4, 0.5) is 11.4 Å². The van der Waals surface area contributed by atoms with Crippen molar-refractivity contribution >= 4 is 32.9 Å². The molecule has 5 aromatic rings. The molecule has 0 amide bonds. The lowest BCUT2D eigenvalue weighted by Gasteiger charge is -2.35. The second-order valence-electron chi connectivity index (χ2n) is 8.16. The maximum Gasteiger partial charge on any atom is 0.129 e. The second kappa shape index (κ2) is 7.48. The van der Waals surface area contributed by atoms with Gasteiger partial charge in [0.2, 0.25) is 0 Å². The van der Waals surface area contributed by atoms with Crippen molar-refractivity contribution in [3.05, 3.63) is 121 Å². The summed E-state index contributed by atoms with van der Waals surface area (Å²) in [5.74, 6) is 0. The second-order valence-corrected chi connectivity index (χ2v) is 8.16. The number of rotatable bonds is 3. The van der Waals surface area contributed by atoms with Gasteiger partial charge in [-0.2, -0.15) is 0 Å². The van der Waals surface area contributed by atoms with Gasteiger partial charge in [0.1, 0.15) is 6.17 Å². The molecular weight excluding hydrogens is 376 g/mol. The number of benzene rings is 5. The molecule has 0 aromatic heterocycles. The van der Waals surface area contributed by atoms with Crippen LogP contribution in [0.3, 0.4) is 0 Å². The maximum atomic E-state index is 2.56. The highest BCUT2D eigenvalue weighted by Gasteiger charge is 2.35. The predicted octanol–water partition coefficient (Wildman–Crippen LogP) is 7.02. The Labute approximate surface area is 183 Å². The molecule has 1 fully saturated rings. The van der Waals surface area contributed by atoms with E-state index in [0.29, 0.717) is 0 Å². The summed E-state index contributed by atoms with van der Waals surface area (Å²) in [6, 6.07) is 41.6. The Balaban J connectivity index is 1.65. The van der Waals surface area contributed by atoms with E-state index in [-0.39, 0.29) is 6.17 Å². The molecule has 6 rings (SSSR count). The molecule has 150 valence electrons. The Kier molecular flexibility index (Phi) is 4.35. The van der Waals surface area contributed by atoms with Crippen molar-refractivity contribution in [2.75, 3.05) is 22.9 Å². The fourth-order valence-electron chi connectivity index (χ4n) is 5.05. The lowest BCUT2D eigenvalue weighted by molar-refractivity contribution is 0.728. The highest BCUT2D eigenvalue weighted by Crippen LogP contribution is 2.43. The summed E-state index contributed by atoms with van der Waals surface area (Å²) in [6.45, 7) is 1.97. The third-order valence-corrected chi connectivity index (χ3v) is 6.42. The molecule has 0 atom stereocenters. The zero-order chi connectivity index (χ0) is 20.6. The largest absolute Gasteiger partial charge is 0.346 e. The Bertz CT molecular complexity index is 1240. The van der Waals surface area contributed by atoms with E-state index in [2.05, 4.69) is 125 Å². The van der Waals surface area contributed by atoms with Crippen LogP contribution < -0.4 is 9.80 Å². The van der Waals surface area contributed by atoms with E-state index in [4.69, 9.17) is 0 Å². The summed E-state index contributed by atoms with van der Waals surface area (Å²) in [6.07, 6.45) is 0.126. The van der Waals surface area contributed by atoms with Crippen LogP contribution in [-0.4, -0.2) is 13.1 Å². The van der Waals surface area contributed by atoms with Crippen LogP contribution in [0.1, 0.15) is 11.7 Å². The Morgan fingerprint density at radius 2 is 0.903 bits per heavy atom. The number of nitrogens with zero attached hydrogens (tertiary/aromatic N) is 2. The van der Waals surface area contributed by atoms with Crippen molar-refractivity contribution < 1.29 is 0 Å². The van der Waals surface area contributed by atoms with Crippen molar-refractivity contribution in [3.63, 3.8) is 0 Å². The van der Waals surface area contributed by atoms with Crippen molar-refractivity contribution in [1.29, 1.82) is 0 Å². The first-order valence-corrected chi connectivity index (χ1v) is 10.9. The molecule has 2 heteroatoms. The topological polar surface area (TPSA) is 6.48 Å². The highest BCUT2D eigenvalue weighted by atomic mass is 15.4. The normalized spacial score (nSPS) is 14.6. The van der Waals surface area contributed by atoms with Crippen LogP contribution in [-0.2, 0) is 0 Å². The van der Waals surface area contributed by atoms with Crippen molar-refractivity contribution in [2.24, 2.45) is 0 Å². The average Bonchev–Trinajstić information content (AvgIpc) is 3.28. The quantitative estimate of drug-likeness (QED) is 0.300. The van der Waals surface area contributed by atoms with Gasteiger partial charge in [0.15, 0.2) is 0 Å². The minimum Gasteiger partial charge on any atom is -0.346 e. The fraction of sp³-hybridized carbons (Fsp3) is 0.103. The van der Waals surface area contributed by atoms with Gasteiger partial charge in [0.05, 0.1) is 0 Å². The molecular formula is C29H24N2. The number of para-hydroxylation sites is 2. The van der Waals surface area contributed by atoms with Crippen LogP contribution >= 0.6 is 0 Å². The standard InChI is InChI=1S/C29H24N2/c1-3-13-24(14-4-1)30-19-20-31(25-15-5-2-6-16-25)29(30)28-26-17-9-7-11-22(26)21-23-12-8-10-18-27(23)28/h1-18,21,29H,19-20H2. The molecule has 1 aliphatic heterocycles. The van der Waals surface area contributed by atoms with Crippen molar-refractivity contribution in [3.8, 4) is 0 Å². The van der Waals surface area contributed by atoms with Gasteiger partial charge in [0.25, 0.3) is 0 Å². The van der Waals surface area contributed by atoms with Gasteiger partial charge in [-0.1, -0.05) is 84.9 Å². The zero-order valence-electron chi connectivity index (χ0n) is 17.4. The van der Waals surface area contributed by atoms with E-state index >= 15 is 0 Å². The van der Waals surface area contributed by atoms with Gasteiger partial charge >= 0.3 is 0 Å². The number of hydrogen-bond acceptors (Lipinski definition) is 2. The van der Waals surface area contributed by atoms with E-state index < -0.39 is 0 Å². The Hall–Kier alpha value is -3.78. The van der Waals surface area contributed by atoms with Crippen LogP contribution in [0, 0.1) is 0 Å². The molecule has 1 heterocycles. The Morgan fingerprint density at radius 1 is 0.484 bits per heavy atom. The molecule has 0 radical (unpaired) electrons. The molecule has 2 nitrogen and oxygen atoms in total. The van der Waals surface area contributed by atoms with E-state index in [1.165, 1.54) is 38.5 Å². The van der Waals surface area contributed by atoms with Crippen LogP contribution in [0.2, 0.25) is 0 Å². The third-order valence-electron chi connectivity index (χ3n) is 6.42. The maximum absolute atomic E-state index is 2.56. The molecule has 5 aromatic carbocycles. The minimum absolute atomic E-state index is 0.126. The van der Waals surface area contributed by atoms with E-state index in [1.54, 1.807) is 0 Å². The molecule has 0 bridgehead atoms. The number of fused-ring (bicyclic) bond motifs is 2. The third kappa shape index (κ3) is 3.03. The number of hydrogen-bond donors (Lipinski definition) is 0. The van der Waals surface area contributed by atoms with E-state index in [1.807, 2.05) is 0 Å². The molecule has 0 unspecified atom stereocenters. The molecule has 0 saturated carbocycles. The van der Waals surface area contributed by atoms with Crippen molar-refractivity contribution in [1.82, 2.24) is 0 Å².